The molecule has 0 bridgehead atoms. The van der Waals surface area contributed by atoms with E-state index in [0.717, 1.165) is 31.4 Å². The van der Waals surface area contributed by atoms with Gasteiger partial charge in [0, 0.05) is 29.8 Å². The van der Waals surface area contributed by atoms with Crippen molar-refractivity contribution in [3.63, 3.8) is 0 Å². The van der Waals surface area contributed by atoms with Crippen molar-refractivity contribution in [3.05, 3.63) is 60.0 Å². The van der Waals surface area contributed by atoms with E-state index < -0.39 is 21.7 Å². The van der Waals surface area contributed by atoms with E-state index in [-0.39, 0.29) is 21.4 Å². The molecule has 2 fully saturated rings. The number of halogens is 1. The minimum atomic E-state index is -4.30. The summed E-state index contributed by atoms with van der Waals surface area (Å²) in [4.78, 5) is 19.9. The minimum Gasteiger partial charge on any atom is -0.476 e. The van der Waals surface area contributed by atoms with E-state index in [1.54, 1.807) is 29.1 Å². The number of benzene rings is 1. The Morgan fingerprint density at radius 3 is 2.59 bits per heavy atom. The molecule has 1 atom stereocenters. The Kier molecular flexibility index (Phi) is 6.90. The van der Waals surface area contributed by atoms with Crippen molar-refractivity contribution in [2.75, 3.05) is 18.1 Å². The summed E-state index contributed by atoms with van der Waals surface area (Å²) in [5, 5.41) is 4.52. The third-order valence-corrected chi connectivity index (χ3v) is 9.02. The molecule has 39 heavy (non-hydrogen) atoms. The first-order valence-electron chi connectivity index (χ1n) is 13.2. The lowest BCUT2D eigenvalue weighted by atomic mass is 9.71. The van der Waals surface area contributed by atoms with Crippen molar-refractivity contribution in [2.45, 2.75) is 63.8 Å². The molecule has 1 aromatic carbocycles. The molecule has 0 radical (unpaired) electrons. The highest BCUT2D eigenvalue weighted by Gasteiger charge is 2.39. The first-order valence-corrected chi connectivity index (χ1v) is 14.6. The summed E-state index contributed by atoms with van der Waals surface area (Å²) in [6.07, 6.45) is 6.12. The van der Waals surface area contributed by atoms with Crippen molar-refractivity contribution in [1.29, 1.82) is 0 Å². The largest absolute Gasteiger partial charge is 0.476 e. The molecule has 208 valence electrons. The van der Waals surface area contributed by atoms with Gasteiger partial charge in [0.05, 0.1) is 17.1 Å². The van der Waals surface area contributed by atoms with Gasteiger partial charge in [0.1, 0.15) is 11.6 Å². The van der Waals surface area contributed by atoms with Crippen LogP contribution in [0.2, 0.25) is 0 Å². The zero-order chi connectivity index (χ0) is 28.0. The normalized spacial score (nSPS) is 19.9. The molecule has 1 saturated heterocycles. The zero-order valence-electron chi connectivity index (χ0n) is 22.6. The average Bonchev–Trinajstić information content (AvgIpc) is 3.43. The molecule has 1 saturated carbocycles. The third-order valence-electron chi connectivity index (χ3n) is 7.70. The summed E-state index contributed by atoms with van der Waals surface area (Å²) in [6.45, 7) is 9.71. The average molecular weight is 556 g/mol. The number of carbonyl (C=O) groups is 1. The molecule has 3 aromatic rings. The Bertz CT molecular complexity index is 1500. The Balaban J connectivity index is 1.46. The van der Waals surface area contributed by atoms with Crippen LogP contribution >= 0.6 is 0 Å². The number of hydrogen-bond donors (Lipinski definition) is 1. The Hall–Kier alpha value is -3.47. The smallest absolute Gasteiger partial charge is 0.268 e. The van der Waals surface area contributed by atoms with E-state index in [1.807, 2.05) is 4.90 Å². The summed E-state index contributed by atoms with van der Waals surface area (Å²) in [7, 11) is -4.30. The summed E-state index contributed by atoms with van der Waals surface area (Å²) in [6, 6.07) is 9.45. The highest BCUT2D eigenvalue weighted by molar-refractivity contribution is 7.90. The number of nitrogens with one attached hydrogen (secondary N) is 1. The van der Waals surface area contributed by atoms with Gasteiger partial charge in [0.15, 0.2) is 5.82 Å². The van der Waals surface area contributed by atoms with Gasteiger partial charge in [0.25, 0.3) is 15.9 Å². The Morgan fingerprint density at radius 2 is 1.95 bits per heavy atom. The molecule has 3 heterocycles. The fraction of sp³-hybridized carbons (Fsp3) is 0.464. The van der Waals surface area contributed by atoms with Crippen LogP contribution < -0.4 is 14.4 Å². The van der Waals surface area contributed by atoms with E-state index >= 15 is 0 Å². The zero-order valence-corrected chi connectivity index (χ0v) is 23.5. The van der Waals surface area contributed by atoms with Crippen molar-refractivity contribution in [3.8, 4) is 11.7 Å². The van der Waals surface area contributed by atoms with Gasteiger partial charge in [-0.2, -0.15) is 0 Å². The van der Waals surface area contributed by atoms with Crippen LogP contribution in [0.1, 0.15) is 63.7 Å². The summed E-state index contributed by atoms with van der Waals surface area (Å²) in [5.41, 5.74) is -0.0333. The highest BCUT2D eigenvalue weighted by atomic mass is 32.2. The van der Waals surface area contributed by atoms with E-state index in [4.69, 9.17) is 9.72 Å². The predicted molar refractivity (Wildman–Crippen MR) is 145 cm³/mol. The van der Waals surface area contributed by atoms with Crippen LogP contribution in [-0.4, -0.2) is 47.8 Å². The van der Waals surface area contributed by atoms with Gasteiger partial charge in [-0.25, -0.2) is 27.2 Å². The second-order valence-corrected chi connectivity index (χ2v) is 13.4. The number of pyridine rings is 1. The van der Waals surface area contributed by atoms with Crippen LogP contribution in [0.15, 0.2) is 53.6 Å². The quantitative estimate of drug-likeness (QED) is 0.429. The number of nitrogens with zero attached hydrogens (tertiary/aromatic N) is 4. The molecular weight excluding hydrogens is 521 g/mol. The molecule has 1 amide bonds. The fourth-order valence-corrected chi connectivity index (χ4v) is 6.46. The molecule has 1 aliphatic carbocycles. The van der Waals surface area contributed by atoms with Crippen LogP contribution in [0.3, 0.4) is 0 Å². The van der Waals surface area contributed by atoms with Crippen LogP contribution in [0, 0.1) is 17.2 Å². The Morgan fingerprint density at radius 1 is 1.18 bits per heavy atom. The van der Waals surface area contributed by atoms with Gasteiger partial charge in [-0.1, -0.05) is 26.3 Å². The van der Waals surface area contributed by atoms with Crippen LogP contribution in [0.5, 0.6) is 5.88 Å². The second-order valence-electron chi connectivity index (χ2n) is 11.7. The van der Waals surface area contributed by atoms with E-state index in [2.05, 4.69) is 37.5 Å². The van der Waals surface area contributed by atoms with Crippen molar-refractivity contribution < 1.29 is 22.3 Å². The summed E-state index contributed by atoms with van der Waals surface area (Å²) in [5.74, 6) is 0.0963. The first kappa shape index (κ1) is 27.1. The monoisotopic (exact) mass is 555 g/mol. The molecule has 2 aliphatic rings. The molecular formula is C28H34FN5O4S. The number of hydrogen-bond acceptors (Lipinski definition) is 7. The molecule has 0 spiro atoms. The van der Waals surface area contributed by atoms with E-state index in [9.17, 15) is 17.6 Å². The number of anilines is 1. The number of rotatable bonds is 8. The van der Waals surface area contributed by atoms with Gasteiger partial charge in [-0.3, -0.25) is 4.79 Å². The minimum absolute atomic E-state index is 0.0995. The first-order chi connectivity index (χ1) is 18.4. The number of carbonyl (C=O) groups excluding carboxylic acids is 1. The molecule has 1 aliphatic heterocycles. The highest BCUT2D eigenvalue weighted by Crippen LogP contribution is 2.40. The van der Waals surface area contributed by atoms with E-state index in [0.29, 0.717) is 36.6 Å². The maximum absolute atomic E-state index is 13.7. The molecule has 0 unspecified atom stereocenters. The van der Waals surface area contributed by atoms with Crippen LogP contribution in [-0.2, 0) is 10.0 Å². The van der Waals surface area contributed by atoms with Crippen LogP contribution in [0.25, 0.3) is 5.82 Å². The van der Waals surface area contributed by atoms with Crippen molar-refractivity contribution >= 4 is 21.7 Å². The third kappa shape index (κ3) is 5.63. The maximum Gasteiger partial charge on any atom is 0.268 e. The van der Waals surface area contributed by atoms with Gasteiger partial charge in [-0.05, 0) is 69.4 Å². The Labute approximate surface area is 228 Å². The topological polar surface area (TPSA) is 106 Å². The lowest BCUT2D eigenvalue weighted by Crippen LogP contribution is -2.41. The number of sulfonamides is 1. The predicted octanol–water partition coefficient (Wildman–Crippen LogP) is 4.72. The molecule has 5 rings (SSSR count). The van der Waals surface area contributed by atoms with Gasteiger partial charge >= 0.3 is 0 Å². The molecule has 1 N–H and O–H groups in total. The lowest BCUT2D eigenvalue weighted by Gasteiger charge is -2.37. The number of ether oxygens (including phenoxy) is 1. The lowest BCUT2D eigenvalue weighted by molar-refractivity contribution is 0.0747. The van der Waals surface area contributed by atoms with Gasteiger partial charge < -0.3 is 9.64 Å². The van der Waals surface area contributed by atoms with Crippen molar-refractivity contribution in [2.24, 2.45) is 11.3 Å². The molecule has 2 aromatic heterocycles. The van der Waals surface area contributed by atoms with Gasteiger partial charge in [-0.15, -0.1) is 5.10 Å². The summed E-state index contributed by atoms with van der Waals surface area (Å²) < 4.78 is 49.0. The fourth-order valence-electron chi connectivity index (χ4n) is 5.46. The van der Waals surface area contributed by atoms with Crippen LogP contribution in [0.4, 0.5) is 10.2 Å². The van der Waals surface area contributed by atoms with Gasteiger partial charge in [0.2, 0.25) is 5.88 Å². The summed E-state index contributed by atoms with van der Waals surface area (Å²) >= 11 is 0. The SMILES string of the molecule is C[C@@H]1CN(c2nc(-n3ccc(OCC4(C)CCC4)n3)ccc2C(=O)NS(=O)(=O)c2cccc(F)c2)C(C)(C)C1. The molecule has 11 heteroatoms. The van der Waals surface area contributed by atoms with Crippen molar-refractivity contribution in [1.82, 2.24) is 19.5 Å². The maximum atomic E-state index is 13.7. The number of amides is 1. The standard InChI is InChI=1S/C28H34FN5O4S/c1-19-16-27(2,3)33(17-19)25-22(26(35)32-39(36,37)21-8-5-7-20(29)15-21)9-10-23(30-25)34-14-11-24(31-34)38-18-28(4)12-6-13-28/h5,7-11,14-15,19H,6,12-13,16-18H2,1-4H3,(H,32,35)/t19-/m0/s1. The van der Waals surface area contributed by atoms with E-state index in [1.165, 1.54) is 18.6 Å². The second kappa shape index (κ2) is 9.93. The molecule has 9 nitrogen and oxygen atoms in total. The number of aromatic nitrogens is 3.